The summed E-state index contributed by atoms with van der Waals surface area (Å²) < 4.78 is 65.3. The molecule has 0 aromatic heterocycles. The van der Waals surface area contributed by atoms with Gasteiger partial charge in [-0.3, -0.25) is 19.2 Å². The number of carbonyl (C=O) groups excluding carboxylic acids is 4. The Bertz CT molecular complexity index is 1240. The van der Waals surface area contributed by atoms with Crippen LogP contribution in [0.2, 0.25) is 0 Å². The zero-order valence-electron chi connectivity index (χ0n) is 25.8. The highest BCUT2D eigenvalue weighted by Gasteiger charge is 2.60. The summed E-state index contributed by atoms with van der Waals surface area (Å²) in [7, 11) is 0. The van der Waals surface area contributed by atoms with Gasteiger partial charge in [-0.15, -0.1) is 0 Å². The van der Waals surface area contributed by atoms with Gasteiger partial charge in [-0.25, -0.2) is 0 Å². The lowest BCUT2D eigenvalue weighted by atomic mass is 9.95. The van der Waals surface area contributed by atoms with E-state index in [9.17, 15) is 19.2 Å². The van der Waals surface area contributed by atoms with Crippen molar-refractivity contribution in [3.63, 3.8) is 0 Å². The Labute approximate surface area is 259 Å². The van der Waals surface area contributed by atoms with Crippen LogP contribution in [0.5, 0.6) is 0 Å². The maximum Gasteiger partial charge on any atom is 0.303 e. The Kier molecular flexibility index (Phi) is 10.1. The molecule has 0 spiro atoms. The van der Waals surface area contributed by atoms with E-state index in [1.807, 2.05) is 30.3 Å². The van der Waals surface area contributed by atoms with E-state index in [2.05, 4.69) is 0 Å². The van der Waals surface area contributed by atoms with Crippen LogP contribution in [0.1, 0.15) is 53.4 Å². The Balaban J connectivity index is 1.51. The first-order chi connectivity index (χ1) is 21.3. The Morgan fingerprint density at radius 3 is 2.04 bits per heavy atom. The van der Waals surface area contributed by atoms with Crippen molar-refractivity contribution in [2.24, 2.45) is 0 Å². The van der Waals surface area contributed by atoms with Crippen molar-refractivity contribution < 1.29 is 71.3 Å². The number of benzene rings is 1. The second-order valence-electron chi connectivity index (χ2n) is 11.5. The first-order valence-electron chi connectivity index (χ1n) is 14.6. The number of esters is 4. The van der Waals surface area contributed by atoms with Crippen molar-refractivity contribution in [3.05, 3.63) is 35.9 Å². The van der Waals surface area contributed by atoms with E-state index in [1.165, 1.54) is 6.92 Å². The maximum atomic E-state index is 12.3. The molecular formula is C30H38O15. The van der Waals surface area contributed by atoms with E-state index >= 15 is 0 Å². The molecule has 1 unspecified atom stereocenters. The summed E-state index contributed by atoms with van der Waals surface area (Å²) in [6, 6.07) is 9.27. The number of hydrogen-bond acceptors (Lipinski definition) is 15. The third-order valence-electron chi connectivity index (χ3n) is 7.41. The molecular weight excluding hydrogens is 600 g/mol. The molecule has 45 heavy (non-hydrogen) atoms. The van der Waals surface area contributed by atoms with Crippen molar-refractivity contribution in [2.75, 3.05) is 13.2 Å². The van der Waals surface area contributed by atoms with Crippen molar-refractivity contribution in [3.8, 4) is 0 Å². The predicted molar refractivity (Wildman–Crippen MR) is 146 cm³/mol. The summed E-state index contributed by atoms with van der Waals surface area (Å²) >= 11 is 0. The van der Waals surface area contributed by atoms with E-state index in [4.69, 9.17) is 52.1 Å². The molecule has 0 radical (unpaired) electrons. The number of carbonyl (C=O) groups is 4. The standard InChI is InChI=1S/C30H38O15/c1-14(31)35-12-19-21(37-15(2)32)23(38-16(3)33)25(39-17(4)34)28(40-19)43-24-22-20(41-29-26(24)44-30(5,6)45-29)13-36-27(42-22)18-10-8-7-9-11-18/h7-11,19-29H,12-13H2,1-6H3/t19-,20-,21-,22-,23+,24+,25+,26+,27?,28-,29+/m1/s1. The SMILES string of the molecule is CC(=O)OC[C@H]1O[C@H](O[C@@H]2[C@@H]3OC(C)(C)O[C@@H]3O[C@@H]3COC(c4ccccc4)O[C@@H]23)[C@@H](OC(C)=O)[C@@H](OC(C)=O)[C@@H]1OC(C)=O. The first kappa shape index (κ1) is 33.2. The van der Waals surface area contributed by atoms with Gasteiger partial charge in [0.25, 0.3) is 0 Å². The lowest BCUT2D eigenvalue weighted by molar-refractivity contribution is -0.376. The summed E-state index contributed by atoms with van der Waals surface area (Å²) in [5.41, 5.74) is 0.757. The Morgan fingerprint density at radius 2 is 1.40 bits per heavy atom. The second-order valence-corrected chi connectivity index (χ2v) is 11.5. The maximum absolute atomic E-state index is 12.3. The van der Waals surface area contributed by atoms with Crippen LogP contribution in [0.15, 0.2) is 30.3 Å². The van der Waals surface area contributed by atoms with Gasteiger partial charge in [-0.1, -0.05) is 30.3 Å². The van der Waals surface area contributed by atoms with Crippen molar-refractivity contribution >= 4 is 23.9 Å². The molecule has 248 valence electrons. The quantitative estimate of drug-likeness (QED) is 0.296. The number of fused-ring (bicyclic) bond motifs is 2. The van der Waals surface area contributed by atoms with Gasteiger partial charge < -0.3 is 52.1 Å². The molecule has 4 heterocycles. The van der Waals surface area contributed by atoms with E-state index in [1.54, 1.807) is 13.8 Å². The lowest BCUT2D eigenvalue weighted by Gasteiger charge is -2.49. The lowest BCUT2D eigenvalue weighted by Crippen LogP contribution is -2.67. The smallest absolute Gasteiger partial charge is 0.303 e. The molecule has 5 rings (SSSR count). The normalized spacial score (nSPS) is 37.0. The highest BCUT2D eigenvalue weighted by atomic mass is 16.9. The van der Waals surface area contributed by atoms with E-state index < -0.39 is 104 Å². The fourth-order valence-electron chi connectivity index (χ4n) is 5.79. The van der Waals surface area contributed by atoms with Gasteiger partial charge in [-0.05, 0) is 13.8 Å². The Morgan fingerprint density at radius 1 is 0.756 bits per heavy atom. The summed E-state index contributed by atoms with van der Waals surface area (Å²) in [5.74, 6) is -3.97. The van der Waals surface area contributed by atoms with Crippen LogP contribution in [0.3, 0.4) is 0 Å². The van der Waals surface area contributed by atoms with E-state index in [-0.39, 0.29) is 6.61 Å². The molecule has 4 saturated heterocycles. The van der Waals surface area contributed by atoms with Crippen molar-refractivity contribution in [1.29, 1.82) is 0 Å². The summed E-state index contributed by atoms with van der Waals surface area (Å²) in [5, 5.41) is 0. The number of rotatable bonds is 8. The van der Waals surface area contributed by atoms with E-state index in [0.29, 0.717) is 0 Å². The largest absolute Gasteiger partial charge is 0.463 e. The molecule has 11 atom stereocenters. The molecule has 1 aromatic carbocycles. The van der Waals surface area contributed by atoms with Gasteiger partial charge in [0, 0.05) is 33.3 Å². The monoisotopic (exact) mass is 638 g/mol. The predicted octanol–water partition coefficient (Wildman–Crippen LogP) is 1.45. The summed E-state index contributed by atoms with van der Waals surface area (Å²) in [6.45, 7) is 7.77. The van der Waals surface area contributed by atoms with Gasteiger partial charge >= 0.3 is 23.9 Å². The number of hydrogen-bond donors (Lipinski definition) is 0. The molecule has 4 aliphatic rings. The molecule has 0 amide bonds. The Hall–Kier alpha value is -3.18. The van der Waals surface area contributed by atoms with Crippen LogP contribution >= 0.6 is 0 Å². The van der Waals surface area contributed by atoms with Crippen LogP contribution in [0, 0.1) is 0 Å². The molecule has 15 nitrogen and oxygen atoms in total. The van der Waals surface area contributed by atoms with E-state index in [0.717, 1.165) is 26.3 Å². The average molecular weight is 639 g/mol. The molecule has 4 aliphatic heterocycles. The molecule has 0 aliphatic carbocycles. The van der Waals surface area contributed by atoms with Crippen LogP contribution in [0.25, 0.3) is 0 Å². The summed E-state index contributed by atoms with van der Waals surface area (Å²) in [6.07, 6.45) is -11.8. The van der Waals surface area contributed by atoms with Gasteiger partial charge in [0.05, 0.1) is 6.61 Å². The van der Waals surface area contributed by atoms with Gasteiger partial charge in [0.15, 0.2) is 43.0 Å². The van der Waals surface area contributed by atoms with Crippen LogP contribution < -0.4 is 0 Å². The van der Waals surface area contributed by atoms with Crippen molar-refractivity contribution in [1.82, 2.24) is 0 Å². The summed E-state index contributed by atoms with van der Waals surface area (Å²) in [4.78, 5) is 48.4. The molecule has 1 aromatic rings. The van der Waals surface area contributed by atoms with Gasteiger partial charge in [0.2, 0.25) is 0 Å². The molecule has 0 bridgehead atoms. The molecule has 4 fully saturated rings. The topological polar surface area (TPSA) is 170 Å². The minimum Gasteiger partial charge on any atom is -0.463 e. The fourth-order valence-corrected chi connectivity index (χ4v) is 5.79. The molecule has 15 heteroatoms. The highest BCUT2D eigenvalue weighted by molar-refractivity contribution is 5.68. The third kappa shape index (κ3) is 7.80. The van der Waals surface area contributed by atoms with Crippen LogP contribution in [0.4, 0.5) is 0 Å². The first-order valence-corrected chi connectivity index (χ1v) is 14.6. The number of ether oxygens (including phenoxy) is 11. The van der Waals surface area contributed by atoms with Gasteiger partial charge in [0.1, 0.15) is 37.1 Å². The highest BCUT2D eigenvalue weighted by Crippen LogP contribution is 2.43. The molecule has 0 saturated carbocycles. The minimum atomic E-state index is -1.47. The van der Waals surface area contributed by atoms with Gasteiger partial charge in [-0.2, -0.15) is 0 Å². The average Bonchev–Trinajstić information content (AvgIpc) is 3.28. The third-order valence-corrected chi connectivity index (χ3v) is 7.41. The van der Waals surface area contributed by atoms with Crippen molar-refractivity contribution in [2.45, 2.75) is 115 Å². The molecule has 0 N–H and O–H groups in total. The fraction of sp³-hybridized carbons (Fsp3) is 0.667. The minimum absolute atomic E-state index is 0.121. The zero-order valence-corrected chi connectivity index (χ0v) is 25.8. The van der Waals surface area contributed by atoms with Crippen LogP contribution in [-0.2, 0) is 71.3 Å². The zero-order chi connectivity index (χ0) is 32.5. The van der Waals surface area contributed by atoms with Crippen LogP contribution in [-0.4, -0.2) is 104 Å². The second kappa shape index (κ2) is 13.7.